The average molecular weight is 487 g/mol. The summed E-state index contributed by atoms with van der Waals surface area (Å²) in [7, 11) is 2.14. The van der Waals surface area contributed by atoms with Crippen molar-refractivity contribution < 1.29 is 0 Å². The van der Waals surface area contributed by atoms with Crippen molar-refractivity contribution in [3.05, 3.63) is 23.3 Å². The maximum absolute atomic E-state index is 4.84. The molecule has 0 bridgehead atoms. The molecule has 1 aliphatic rings. The van der Waals surface area contributed by atoms with Crippen molar-refractivity contribution in [3.63, 3.8) is 0 Å². The Kier molecular flexibility index (Phi) is 5.34. The molecule has 5 rings (SSSR count). The second kappa shape index (κ2) is 7.59. The number of hydrogen-bond donors (Lipinski definition) is 1. The summed E-state index contributed by atoms with van der Waals surface area (Å²) >= 11 is 6.71. The second-order valence-corrected chi connectivity index (χ2v) is 8.92. The highest BCUT2D eigenvalue weighted by Gasteiger charge is 2.22. The minimum absolute atomic E-state index is 0. The number of fused-ring (bicyclic) bond motifs is 2. The van der Waals surface area contributed by atoms with Gasteiger partial charge in [0.15, 0.2) is 25.2 Å². The average Bonchev–Trinajstić information content (AvgIpc) is 3.37. The van der Waals surface area contributed by atoms with Crippen molar-refractivity contribution in [1.29, 1.82) is 0 Å². The first-order chi connectivity index (χ1) is 12.7. The number of piperidine rings is 1. The molecule has 0 aromatic carbocycles. The molecule has 0 radical (unpaired) electrons. The third-order valence-corrected chi connectivity index (χ3v) is 7.47. The third kappa shape index (κ3) is 3.33. The van der Waals surface area contributed by atoms with Crippen molar-refractivity contribution in [1.82, 2.24) is 29.7 Å². The van der Waals surface area contributed by atoms with E-state index in [4.69, 9.17) is 9.97 Å². The molecule has 4 aromatic heterocycles. The van der Waals surface area contributed by atoms with Crippen LogP contribution in [0.15, 0.2) is 23.3 Å². The summed E-state index contributed by atoms with van der Waals surface area (Å²) in [4.78, 5) is 22.8. The Morgan fingerprint density at radius 2 is 1.96 bits per heavy atom. The molecule has 1 aliphatic heterocycles. The molecule has 0 spiro atoms. The fourth-order valence-corrected chi connectivity index (χ4v) is 5.75. The molecule has 0 saturated carbocycles. The summed E-state index contributed by atoms with van der Waals surface area (Å²) in [5, 5.41) is 5.37. The first-order valence-corrected chi connectivity index (χ1v) is 10.8. The van der Waals surface area contributed by atoms with Crippen LogP contribution in [0.25, 0.3) is 25.9 Å². The van der Waals surface area contributed by atoms with Crippen LogP contribution in [0.2, 0.25) is 0 Å². The molecule has 0 unspecified atom stereocenters. The molecule has 27 heavy (non-hydrogen) atoms. The molecule has 5 heterocycles. The number of aromatic nitrogens is 5. The highest BCUT2D eigenvalue weighted by Crippen LogP contribution is 2.37. The maximum atomic E-state index is 4.84. The Bertz CT molecular complexity index is 1050. The van der Waals surface area contributed by atoms with Crippen LogP contribution >= 0.6 is 51.0 Å². The minimum atomic E-state index is 0. The number of nitrogens with zero attached hydrogens (tertiary/aromatic N) is 6. The minimum Gasteiger partial charge on any atom is -0.348 e. The lowest BCUT2D eigenvalue weighted by Crippen LogP contribution is -2.41. The highest BCUT2D eigenvalue weighted by atomic mass is 79.9. The Hall–Kier alpha value is -1.33. The van der Waals surface area contributed by atoms with E-state index >= 15 is 0 Å². The number of thiazole rings is 2. The Morgan fingerprint density at radius 3 is 2.74 bits per heavy atom. The smallest absolute Gasteiger partial charge is 0.188 e. The lowest BCUT2D eigenvalue weighted by Gasteiger charge is -2.31. The highest BCUT2D eigenvalue weighted by molar-refractivity contribution is 9.10. The Balaban J connectivity index is 0.00000180. The van der Waals surface area contributed by atoms with E-state index in [1.807, 2.05) is 16.8 Å². The molecular weight excluding hydrogens is 470 g/mol. The van der Waals surface area contributed by atoms with Crippen LogP contribution < -0.4 is 10.2 Å². The number of anilines is 1. The Labute approximate surface area is 178 Å². The van der Waals surface area contributed by atoms with Gasteiger partial charge in [0.1, 0.15) is 5.01 Å². The van der Waals surface area contributed by atoms with Gasteiger partial charge in [-0.1, -0.05) is 22.7 Å². The van der Waals surface area contributed by atoms with Crippen molar-refractivity contribution >= 4 is 71.5 Å². The van der Waals surface area contributed by atoms with E-state index in [9.17, 15) is 0 Å². The van der Waals surface area contributed by atoms with Crippen molar-refractivity contribution in [2.24, 2.45) is 0 Å². The zero-order valence-corrected chi connectivity index (χ0v) is 18.5. The van der Waals surface area contributed by atoms with Gasteiger partial charge in [0.05, 0.1) is 5.56 Å². The van der Waals surface area contributed by atoms with E-state index < -0.39 is 0 Å². The largest absolute Gasteiger partial charge is 0.348 e. The number of rotatable bonds is 3. The van der Waals surface area contributed by atoms with Gasteiger partial charge >= 0.3 is 0 Å². The zero-order chi connectivity index (χ0) is 17.7. The van der Waals surface area contributed by atoms with Crippen LogP contribution in [-0.2, 0) is 0 Å². The van der Waals surface area contributed by atoms with Gasteiger partial charge in [-0.2, -0.15) is 0 Å². The molecule has 4 aromatic rings. The van der Waals surface area contributed by atoms with E-state index in [1.165, 1.54) is 0 Å². The predicted molar refractivity (Wildman–Crippen MR) is 117 cm³/mol. The number of halogens is 2. The summed E-state index contributed by atoms with van der Waals surface area (Å²) in [5.41, 5.74) is 1.78. The van der Waals surface area contributed by atoms with Crippen molar-refractivity contribution in [2.45, 2.75) is 18.9 Å². The van der Waals surface area contributed by atoms with Gasteiger partial charge in [0.25, 0.3) is 0 Å². The maximum Gasteiger partial charge on any atom is 0.188 e. The first kappa shape index (κ1) is 19.0. The molecule has 1 fully saturated rings. The molecule has 11 heteroatoms. The molecule has 0 amide bonds. The van der Waals surface area contributed by atoms with Gasteiger partial charge in [-0.05, 0) is 41.9 Å². The normalized spacial score (nSPS) is 15.3. The van der Waals surface area contributed by atoms with Gasteiger partial charge in [-0.25, -0.2) is 19.9 Å². The topological polar surface area (TPSA) is 71.2 Å². The SMILES string of the molecule is CN(c1nc2sc(-c3cnc(Br)n4ccnc34)nc2s1)C1CCNCC1.Cl. The first-order valence-electron chi connectivity index (χ1n) is 8.39. The van der Waals surface area contributed by atoms with Gasteiger partial charge in [0.2, 0.25) is 0 Å². The molecule has 7 nitrogen and oxygen atoms in total. The quantitative estimate of drug-likeness (QED) is 0.444. The van der Waals surface area contributed by atoms with Crippen molar-refractivity contribution in [2.75, 3.05) is 25.0 Å². The van der Waals surface area contributed by atoms with E-state index in [1.54, 1.807) is 28.9 Å². The van der Waals surface area contributed by atoms with Gasteiger partial charge in [-0.15, -0.1) is 12.4 Å². The second-order valence-electron chi connectivity index (χ2n) is 6.28. The summed E-state index contributed by atoms with van der Waals surface area (Å²) < 4.78 is 2.64. The van der Waals surface area contributed by atoms with Gasteiger partial charge in [0, 0.05) is 31.7 Å². The van der Waals surface area contributed by atoms with Crippen LogP contribution in [0.5, 0.6) is 0 Å². The van der Waals surface area contributed by atoms with E-state index in [2.05, 4.69) is 43.2 Å². The van der Waals surface area contributed by atoms with Crippen LogP contribution in [0.4, 0.5) is 5.13 Å². The molecule has 0 atom stereocenters. The monoisotopic (exact) mass is 485 g/mol. The predicted octanol–water partition coefficient (Wildman–Crippen LogP) is 3.84. The lowest BCUT2D eigenvalue weighted by molar-refractivity contribution is 0.443. The molecule has 1 saturated heterocycles. The summed E-state index contributed by atoms with van der Waals surface area (Å²) in [6.45, 7) is 2.15. The molecule has 1 N–H and O–H groups in total. The van der Waals surface area contributed by atoms with Crippen LogP contribution in [-0.4, -0.2) is 50.5 Å². The fourth-order valence-electron chi connectivity index (χ4n) is 3.29. The van der Waals surface area contributed by atoms with Crippen LogP contribution in [0.1, 0.15) is 12.8 Å². The van der Waals surface area contributed by atoms with E-state index in [-0.39, 0.29) is 12.4 Å². The standard InChI is InChI=1S/C16H16BrN7S2.ClH/c1-23(9-2-4-18-5-3-9)16-22-14-13(26-16)21-12(25-14)10-8-20-15(17)24-7-6-19-11(10)24;/h6-9,18H,2-5H2,1H3;1H. The lowest BCUT2D eigenvalue weighted by atomic mass is 10.1. The summed E-state index contributed by atoms with van der Waals surface area (Å²) in [6, 6.07) is 0.552. The van der Waals surface area contributed by atoms with E-state index in [0.717, 1.165) is 61.7 Å². The van der Waals surface area contributed by atoms with Crippen LogP contribution in [0, 0.1) is 0 Å². The third-order valence-electron chi connectivity index (χ3n) is 4.73. The van der Waals surface area contributed by atoms with Crippen molar-refractivity contribution in [3.8, 4) is 10.6 Å². The molecule has 142 valence electrons. The molecule has 0 aliphatic carbocycles. The summed E-state index contributed by atoms with van der Waals surface area (Å²) in [6.07, 6.45) is 7.79. The number of nitrogens with one attached hydrogen (secondary N) is 1. The van der Waals surface area contributed by atoms with E-state index in [0.29, 0.717) is 6.04 Å². The number of imidazole rings is 1. The van der Waals surface area contributed by atoms with Gasteiger partial charge < -0.3 is 10.2 Å². The number of hydrogen-bond acceptors (Lipinski definition) is 8. The Morgan fingerprint density at radius 1 is 1.19 bits per heavy atom. The fraction of sp³-hybridized carbons (Fsp3) is 0.375. The van der Waals surface area contributed by atoms with Gasteiger partial charge in [-0.3, -0.25) is 4.40 Å². The van der Waals surface area contributed by atoms with Crippen LogP contribution in [0.3, 0.4) is 0 Å². The molecular formula is C16H17BrClN7S2. The summed E-state index contributed by atoms with van der Waals surface area (Å²) in [5.74, 6) is 0. The zero-order valence-electron chi connectivity index (χ0n) is 14.4.